The van der Waals surface area contributed by atoms with Crippen molar-refractivity contribution in [2.24, 2.45) is 0 Å². The summed E-state index contributed by atoms with van der Waals surface area (Å²) >= 11 is 0. The Morgan fingerprint density at radius 3 is 1.01 bits per heavy atom. The lowest BCUT2D eigenvalue weighted by Gasteiger charge is -2.21. The first kappa shape index (κ1) is 74.7. The molecule has 0 rings (SSSR count). The summed E-state index contributed by atoms with van der Waals surface area (Å²) in [7, 11) is -4.76. The molecule has 0 radical (unpaired) electrons. The third kappa shape index (κ3) is 57.3. The zero-order chi connectivity index (χ0) is 56.9. The highest BCUT2D eigenvalue weighted by atomic mass is 31.2. The van der Waals surface area contributed by atoms with E-state index in [9.17, 15) is 28.9 Å². The van der Waals surface area contributed by atoms with Crippen LogP contribution in [0.2, 0.25) is 0 Å². The summed E-state index contributed by atoms with van der Waals surface area (Å²) in [5, 5.41) is 9.83. The highest BCUT2D eigenvalue weighted by Crippen LogP contribution is 2.43. The van der Waals surface area contributed by atoms with E-state index in [1.807, 2.05) is 0 Å². The maximum atomic E-state index is 12.9. The van der Waals surface area contributed by atoms with Crippen LogP contribution in [0.15, 0.2) is 85.1 Å². The van der Waals surface area contributed by atoms with E-state index in [-0.39, 0.29) is 25.9 Å². The number of allylic oxidation sites excluding steroid dienone is 14. The molecular weight excluding hydrogens is 1000 g/mol. The average Bonchev–Trinajstić information content (AvgIpc) is 3.43. The minimum absolute atomic E-state index is 0.149. The number of rotatable bonds is 58. The van der Waals surface area contributed by atoms with Gasteiger partial charge in [-0.1, -0.05) is 228 Å². The first-order valence-electron chi connectivity index (χ1n) is 31.5. The number of aliphatic hydroxyl groups is 1. The molecule has 0 aromatic rings. The van der Waals surface area contributed by atoms with E-state index in [0.29, 0.717) is 19.3 Å². The quantitative estimate of drug-likeness (QED) is 0.0197. The number of aliphatic hydroxyl groups excluding tert-OH is 1. The van der Waals surface area contributed by atoms with Gasteiger partial charge >= 0.3 is 25.7 Å². The summed E-state index contributed by atoms with van der Waals surface area (Å²) in [6, 6.07) is 0. The Morgan fingerprint density at radius 2 is 0.654 bits per heavy atom. The van der Waals surface area contributed by atoms with Gasteiger partial charge in [0.2, 0.25) is 0 Å². The van der Waals surface area contributed by atoms with Crippen molar-refractivity contribution >= 4 is 25.7 Å². The number of unbranched alkanes of at least 4 members (excludes halogenated alkanes) is 27. The van der Waals surface area contributed by atoms with Crippen molar-refractivity contribution < 1.29 is 52.2 Å². The van der Waals surface area contributed by atoms with E-state index >= 15 is 0 Å². The lowest BCUT2D eigenvalue weighted by Crippen LogP contribution is -2.30. The predicted octanol–water partition coefficient (Wildman–Crippen LogP) is 19.0. The van der Waals surface area contributed by atoms with Gasteiger partial charge in [0, 0.05) is 19.3 Å². The third-order valence-electron chi connectivity index (χ3n) is 13.2. The first-order valence-corrected chi connectivity index (χ1v) is 33.0. The molecule has 0 amide bonds. The van der Waals surface area contributed by atoms with Crippen molar-refractivity contribution in [1.82, 2.24) is 0 Å². The van der Waals surface area contributed by atoms with Crippen molar-refractivity contribution in [1.29, 1.82) is 0 Å². The van der Waals surface area contributed by atoms with Gasteiger partial charge in [-0.2, -0.15) is 0 Å². The van der Waals surface area contributed by atoms with Crippen LogP contribution in [-0.2, 0) is 42.2 Å². The number of hydrogen-bond acceptors (Lipinski definition) is 10. The molecule has 450 valence electrons. The van der Waals surface area contributed by atoms with Crippen LogP contribution in [0.4, 0.5) is 0 Å². The van der Waals surface area contributed by atoms with Gasteiger partial charge in [0.05, 0.1) is 19.8 Å². The molecule has 0 aromatic heterocycles. The van der Waals surface area contributed by atoms with E-state index in [0.717, 1.165) is 135 Å². The van der Waals surface area contributed by atoms with E-state index in [2.05, 4.69) is 106 Å². The number of carbonyl (C=O) groups excluding carboxylic acids is 3. The van der Waals surface area contributed by atoms with Crippen molar-refractivity contribution in [3.8, 4) is 0 Å². The molecule has 11 nitrogen and oxygen atoms in total. The van der Waals surface area contributed by atoms with Crippen molar-refractivity contribution in [3.63, 3.8) is 0 Å². The Bertz CT molecular complexity index is 1630. The second kappa shape index (κ2) is 59.8. The Balaban J connectivity index is 4.75. The fraction of sp³-hybridized carbons (Fsp3) is 0.742. The molecule has 0 saturated heterocycles. The van der Waals surface area contributed by atoms with Crippen LogP contribution in [0, 0.1) is 0 Å². The summed E-state index contributed by atoms with van der Waals surface area (Å²) in [6.07, 6.45) is 69.6. The second-order valence-electron chi connectivity index (χ2n) is 20.9. The highest BCUT2D eigenvalue weighted by molar-refractivity contribution is 7.47. The minimum atomic E-state index is -4.76. The molecule has 2 N–H and O–H groups in total. The van der Waals surface area contributed by atoms with Crippen LogP contribution in [-0.4, -0.2) is 66.5 Å². The summed E-state index contributed by atoms with van der Waals surface area (Å²) in [6.45, 7) is 4.52. The topological polar surface area (TPSA) is 155 Å². The molecular formula is C66H115O11P. The Kier molecular flexibility index (Phi) is 57.2. The average molecular weight is 1120 g/mol. The molecule has 3 unspecified atom stereocenters. The molecule has 0 aliphatic rings. The number of esters is 3. The van der Waals surface area contributed by atoms with E-state index < -0.39 is 57.8 Å². The van der Waals surface area contributed by atoms with Crippen molar-refractivity contribution in [2.45, 2.75) is 290 Å². The minimum Gasteiger partial charge on any atom is -0.462 e. The van der Waals surface area contributed by atoms with Crippen LogP contribution in [0.25, 0.3) is 0 Å². The zero-order valence-electron chi connectivity index (χ0n) is 49.9. The fourth-order valence-corrected chi connectivity index (χ4v) is 9.22. The molecule has 0 saturated carbocycles. The molecule has 0 spiro atoms. The van der Waals surface area contributed by atoms with Crippen LogP contribution >= 0.6 is 7.82 Å². The third-order valence-corrected chi connectivity index (χ3v) is 14.2. The van der Waals surface area contributed by atoms with Gasteiger partial charge in [-0.3, -0.25) is 23.4 Å². The van der Waals surface area contributed by atoms with E-state index in [4.69, 9.17) is 23.3 Å². The standard InChI is InChI=1S/C66H115O11P/c1-4-7-10-13-16-19-22-25-27-29-31-33-35-38-40-43-46-49-52-55-64(68)73-59-63(77-66(70)57-54-51-48-45-42-39-36-34-32-30-28-26-23-20-17-14-11-8-5-2)61-75-78(71,72)74-60-62(58-67)76-65(69)56-53-50-47-44-41-37-24-21-18-15-12-9-6-3/h12,15-17,19-21,24-28,32,34,62-63,67H,4-11,13-14,18,22-23,29-31,33,35-61H2,1-3H3,(H,71,72)/b15-12-,19-16-,20-17-,24-21-,27-25-,28-26-,34-32-. The molecule has 0 aliphatic heterocycles. The van der Waals surface area contributed by atoms with Crippen LogP contribution in [0.1, 0.15) is 278 Å². The fourth-order valence-electron chi connectivity index (χ4n) is 8.43. The van der Waals surface area contributed by atoms with Gasteiger partial charge < -0.3 is 24.2 Å². The predicted molar refractivity (Wildman–Crippen MR) is 325 cm³/mol. The maximum absolute atomic E-state index is 12.9. The van der Waals surface area contributed by atoms with Gasteiger partial charge in [0.1, 0.15) is 12.7 Å². The lowest BCUT2D eigenvalue weighted by molar-refractivity contribution is -0.161. The summed E-state index contributed by atoms with van der Waals surface area (Å²) in [5.41, 5.74) is 0. The molecule has 0 heterocycles. The maximum Gasteiger partial charge on any atom is 0.472 e. The SMILES string of the molecule is CCC/C=C\C/C=C\CCCCCCCC(=O)OC(CO)COP(=O)(O)OCC(COC(=O)CCCCCCCCCCC/C=C\C/C=C\CCCCC)OC(=O)CCCCCCCC/C=C\C/C=C\C/C=C\CCCCC. The van der Waals surface area contributed by atoms with Gasteiger partial charge in [0.15, 0.2) is 6.10 Å². The number of carbonyl (C=O) groups is 3. The number of ether oxygens (including phenoxy) is 3. The van der Waals surface area contributed by atoms with Gasteiger partial charge in [0.25, 0.3) is 0 Å². The van der Waals surface area contributed by atoms with Crippen molar-refractivity contribution in [2.75, 3.05) is 26.4 Å². The molecule has 3 atom stereocenters. The molecule has 12 heteroatoms. The summed E-state index contributed by atoms with van der Waals surface area (Å²) in [5.74, 6) is -1.49. The largest absolute Gasteiger partial charge is 0.472 e. The van der Waals surface area contributed by atoms with Crippen LogP contribution in [0.3, 0.4) is 0 Å². The Hall–Kier alpha value is -3.34. The van der Waals surface area contributed by atoms with Gasteiger partial charge in [-0.15, -0.1) is 0 Å². The second-order valence-corrected chi connectivity index (χ2v) is 22.3. The van der Waals surface area contributed by atoms with Gasteiger partial charge in [-0.25, -0.2) is 4.57 Å². The Morgan fingerprint density at radius 1 is 0.359 bits per heavy atom. The Labute approximate surface area is 477 Å². The lowest BCUT2D eigenvalue weighted by atomic mass is 10.1. The molecule has 0 bridgehead atoms. The smallest absolute Gasteiger partial charge is 0.462 e. The first-order chi connectivity index (χ1) is 38.2. The molecule has 78 heavy (non-hydrogen) atoms. The normalized spacial score (nSPS) is 13.9. The van der Waals surface area contributed by atoms with E-state index in [1.54, 1.807) is 0 Å². The zero-order valence-corrected chi connectivity index (χ0v) is 50.8. The summed E-state index contributed by atoms with van der Waals surface area (Å²) in [4.78, 5) is 48.7. The monoisotopic (exact) mass is 1110 g/mol. The molecule has 0 aliphatic carbocycles. The number of phosphoric ester groups is 1. The van der Waals surface area contributed by atoms with Crippen LogP contribution in [0.5, 0.6) is 0 Å². The van der Waals surface area contributed by atoms with E-state index in [1.165, 1.54) is 83.5 Å². The summed E-state index contributed by atoms with van der Waals surface area (Å²) < 4.78 is 39.6. The molecule has 0 aromatic carbocycles. The van der Waals surface area contributed by atoms with Crippen LogP contribution < -0.4 is 0 Å². The highest BCUT2D eigenvalue weighted by Gasteiger charge is 2.28. The number of hydrogen-bond donors (Lipinski definition) is 2. The van der Waals surface area contributed by atoms with Crippen molar-refractivity contribution in [3.05, 3.63) is 85.1 Å². The van der Waals surface area contributed by atoms with Gasteiger partial charge in [-0.05, 0) is 116 Å². The number of phosphoric acid groups is 1. The molecule has 0 fully saturated rings.